The maximum absolute atomic E-state index is 11.7. The van der Waals surface area contributed by atoms with Crippen molar-refractivity contribution in [2.75, 3.05) is 11.5 Å². The lowest BCUT2D eigenvalue weighted by Gasteiger charge is -2.34. The first kappa shape index (κ1) is 15.3. The average molecular weight is 316 g/mol. The molecule has 0 radical (unpaired) electrons. The minimum absolute atomic E-state index is 0.00281. The van der Waals surface area contributed by atoms with Gasteiger partial charge in [-0.3, -0.25) is 4.79 Å². The molecule has 2 saturated heterocycles. The van der Waals surface area contributed by atoms with Crippen LogP contribution >= 0.6 is 0 Å². The molecule has 1 aliphatic carbocycles. The number of carbonyl (C=O) groups is 1. The lowest BCUT2D eigenvalue weighted by atomic mass is 9.80. The van der Waals surface area contributed by atoms with Crippen LogP contribution in [0.4, 0.5) is 0 Å². The second-order valence-corrected chi connectivity index (χ2v) is 9.34. The second kappa shape index (κ2) is 5.23. The van der Waals surface area contributed by atoms with Crippen LogP contribution in [0.2, 0.25) is 0 Å². The Morgan fingerprint density at radius 3 is 2.43 bits per heavy atom. The van der Waals surface area contributed by atoms with Gasteiger partial charge in [-0.1, -0.05) is 19.3 Å². The number of carboxylic acid groups (broad SMARTS) is 1. The Labute approximate surface area is 126 Å². The predicted octanol–water partition coefficient (Wildman–Crippen LogP) is 2.15. The van der Waals surface area contributed by atoms with E-state index in [2.05, 4.69) is 0 Å². The molecule has 5 nitrogen and oxygen atoms in total. The normalized spacial score (nSPS) is 37.8. The predicted molar refractivity (Wildman–Crippen MR) is 77.9 cm³/mol. The molecular weight excluding hydrogens is 292 g/mol. The van der Waals surface area contributed by atoms with Crippen molar-refractivity contribution in [1.82, 2.24) is 0 Å². The fourth-order valence-corrected chi connectivity index (χ4v) is 6.45. The number of hydrogen-bond acceptors (Lipinski definition) is 4. The fourth-order valence-electron chi connectivity index (χ4n) is 4.37. The van der Waals surface area contributed by atoms with Crippen molar-refractivity contribution in [3.63, 3.8) is 0 Å². The van der Waals surface area contributed by atoms with Crippen LogP contribution in [0.3, 0.4) is 0 Å². The zero-order chi connectivity index (χ0) is 15.1. The van der Waals surface area contributed by atoms with Crippen LogP contribution in [-0.4, -0.2) is 42.7 Å². The average Bonchev–Trinajstić information content (AvgIpc) is 2.93. The Hall–Kier alpha value is -0.620. The van der Waals surface area contributed by atoms with Gasteiger partial charge in [-0.25, -0.2) is 8.42 Å². The number of aliphatic carboxylic acids is 1. The largest absolute Gasteiger partial charge is 0.481 e. The van der Waals surface area contributed by atoms with Gasteiger partial charge in [0.2, 0.25) is 0 Å². The van der Waals surface area contributed by atoms with Crippen molar-refractivity contribution < 1.29 is 23.1 Å². The van der Waals surface area contributed by atoms with Crippen LogP contribution in [0.25, 0.3) is 0 Å². The third-order valence-corrected chi connectivity index (χ3v) is 7.38. The number of ether oxygens (including phenoxy) is 1. The zero-order valence-electron chi connectivity index (χ0n) is 12.3. The highest BCUT2D eigenvalue weighted by atomic mass is 32.2. The van der Waals surface area contributed by atoms with Crippen molar-refractivity contribution in [2.24, 2.45) is 5.41 Å². The van der Waals surface area contributed by atoms with Crippen LogP contribution in [0.5, 0.6) is 0 Å². The van der Waals surface area contributed by atoms with Gasteiger partial charge in [-0.15, -0.1) is 0 Å². The third-order valence-electron chi connectivity index (χ3n) is 5.56. The van der Waals surface area contributed by atoms with E-state index in [4.69, 9.17) is 4.74 Å². The molecule has 2 aliphatic heterocycles. The van der Waals surface area contributed by atoms with Crippen LogP contribution in [-0.2, 0) is 19.4 Å². The summed E-state index contributed by atoms with van der Waals surface area (Å²) in [4.78, 5) is 11.6. The Kier molecular flexibility index (Phi) is 3.81. The highest BCUT2D eigenvalue weighted by Gasteiger charge is 2.52. The molecule has 2 heterocycles. The monoisotopic (exact) mass is 316 g/mol. The lowest BCUT2D eigenvalue weighted by Crippen LogP contribution is -2.38. The molecule has 1 spiro atoms. The molecule has 0 bridgehead atoms. The Morgan fingerprint density at radius 2 is 1.86 bits per heavy atom. The third kappa shape index (κ3) is 2.97. The van der Waals surface area contributed by atoms with Gasteiger partial charge < -0.3 is 9.84 Å². The molecule has 1 N–H and O–H groups in total. The highest BCUT2D eigenvalue weighted by Crippen LogP contribution is 2.46. The van der Waals surface area contributed by atoms with E-state index < -0.39 is 21.2 Å². The van der Waals surface area contributed by atoms with Crippen molar-refractivity contribution in [1.29, 1.82) is 0 Å². The van der Waals surface area contributed by atoms with E-state index in [0.717, 1.165) is 25.7 Å². The van der Waals surface area contributed by atoms with Gasteiger partial charge in [0.1, 0.15) is 0 Å². The smallest absolute Gasteiger partial charge is 0.310 e. The van der Waals surface area contributed by atoms with Gasteiger partial charge in [0.25, 0.3) is 0 Å². The van der Waals surface area contributed by atoms with E-state index in [-0.39, 0.29) is 29.6 Å². The summed E-state index contributed by atoms with van der Waals surface area (Å²) in [5.41, 5.74) is -1.16. The summed E-state index contributed by atoms with van der Waals surface area (Å²) in [6, 6.07) is 0. The van der Waals surface area contributed by atoms with Gasteiger partial charge in [-0.2, -0.15) is 0 Å². The van der Waals surface area contributed by atoms with Crippen molar-refractivity contribution in [2.45, 2.75) is 69.5 Å². The molecule has 0 aromatic carbocycles. The van der Waals surface area contributed by atoms with Gasteiger partial charge in [0, 0.05) is 0 Å². The van der Waals surface area contributed by atoms with Crippen molar-refractivity contribution in [3.8, 4) is 0 Å². The summed E-state index contributed by atoms with van der Waals surface area (Å²) in [6.07, 6.45) is 8.14. The summed E-state index contributed by atoms with van der Waals surface area (Å²) in [7, 11) is -3.21. The quantitative estimate of drug-likeness (QED) is 0.863. The van der Waals surface area contributed by atoms with E-state index in [1.807, 2.05) is 0 Å². The summed E-state index contributed by atoms with van der Waals surface area (Å²) >= 11 is 0. The molecule has 3 aliphatic rings. The number of hydrogen-bond donors (Lipinski definition) is 1. The Bertz CT molecular complexity index is 520. The number of sulfone groups is 1. The zero-order valence-corrected chi connectivity index (χ0v) is 13.2. The fraction of sp³-hybridized carbons (Fsp3) is 0.933. The number of rotatable bonds is 3. The molecule has 1 saturated carbocycles. The van der Waals surface area contributed by atoms with E-state index >= 15 is 0 Å². The molecular formula is C15H24O5S. The standard InChI is InChI=1S/C15H24O5S/c16-13(17)14(8-9-21(18,19)11-14)10-12-4-7-15(20-12)5-2-1-3-6-15/h12H,1-11H2,(H,16,17). The van der Waals surface area contributed by atoms with Crippen LogP contribution in [0, 0.1) is 5.41 Å². The molecule has 120 valence electrons. The summed E-state index contributed by atoms with van der Waals surface area (Å²) < 4.78 is 29.7. The van der Waals surface area contributed by atoms with E-state index in [1.165, 1.54) is 19.3 Å². The Morgan fingerprint density at radius 1 is 1.14 bits per heavy atom. The second-order valence-electron chi connectivity index (χ2n) is 7.15. The van der Waals surface area contributed by atoms with Crippen LogP contribution < -0.4 is 0 Å². The van der Waals surface area contributed by atoms with E-state index in [9.17, 15) is 18.3 Å². The van der Waals surface area contributed by atoms with Crippen LogP contribution in [0.15, 0.2) is 0 Å². The topological polar surface area (TPSA) is 80.7 Å². The highest BCUT2D eigenvalue weighted by molar-refractivity contribution is 7.91. The first-order valence-electron chi connectivity index (χ1n) is 7.97. The summed E-state index contributed by atoms with van der Waals surface area (Å²) in [6.45, 7) is 0. The maximum Gasteiger partial charge on any atom is 0.310 e. The van der Waals surface area contributed by atoms with Crippen molar-refractivity contribution >= 4 is 15.8 Å². The molecule has 0 aromatic heterocycles. The molecule has 0 aromatic rings. The molecule has 3 rings (SSSR count). The number of carboxylic acids is 1. The Balaban J connectivity index is 1.69. The summed E-state index contributed by atoms with van der Waals surface area (Å²) in [5.74, 6) is -1.20. The molecule has 21 heavy (non-hydrogen) atoms. The first-order valence-corrected chi connectivity index (χ1v) is 9.79. The van der Waals surface area contributed by atoms with Gasteiger partial charge in [0.05, 0.1) is 28.6 Å². The van der Waals surface area contributed by atoms with Crippen LogP contribution in [0.1, 0.15) is 57.8 Å². The minimum atomic E-state index is -3.21. The molecule has 2 atom stereocenters. The molecule has 3 fully saturated rings. The molecule has 0 amide bonds. The van der Waals surface area contributed by atoms with E-state index in [1.54, 1.807) is 0 Å². The van der Waals surface area contributed by atoms with Gasteiger partial charge >= 0.3 is 5.97 Å². The maximum atomic E-state index is 11.7. The van der Waals surface area contributed by atoms with E-state index in [0.29, 0.717) is 6.42 Å². The summed E-state index contributed by atoms with van der Waals surface area (Å²) in [5, 5.41) is 9.54. The molecule has 6 heteroatoms. The van der Waals surface area contributed by atoms with Crippen molar-refractivity contribution in [3.05, 3.63) is 0 Å². The molecule has 2 unspecified atom stereocenters. The first-order chi connectivity index (χ1) is 9.85. The SMILES string of the molecule is O=C(O)C1(CC2CCC3(CCCCC3)O2)CCS(=O)(=O)C1. The minimum Gasteiger partial charge on any atom is -0.481 e. The lowest BCUT2D eigenvalue weighted by molar-refractivity contribution is -0.151. The van der Waals surface area contributed by atoms with Gasteiger partial charge in [-0.05, 0) is 38.5 Å². The van der Waals surface area contributed by atoms with Gasteiger partial charge in [0.15, 0.2) is 9.84 Å².